The average molecular weight is 284 g/mol. The summed E-state index contributed by atoms with van der Waals surface area (Å²) in [7, 11) is 0. The van der Waals surface area contributed by atoms with Crippen molar-refractivity contribution in [3.63, 3.8) is 0 Å². The van der Waals surface area contributed by atoms with Crippen molar-refractivity contribution in [3.05, 3.63) is 71.8 Å². The lowest BCUT2D eigenvalue weighted by atomic mass is 9.95. The highest BCUT2D eigenvalue weighted by atomic mass is 16.6. The summed E-state index contributed by atoms with van der Waals surface area (Å²) in [6.07, 6.45) is 0. The fraction of sp³-hybridized carbons (Fsp3) is 0.278. The zero-order chi connectivity index (χ0) is 15.1. The van der Waals surface area contributed by atoms with Gasteiger partial charge in [0.05, 0.1) is 13.2 Å². The summed E-state index contributed by atoms with van der Waals surface area (Å²) in [5, 5.41) is 0. The maximum atomic E-state index is 12.3. The number of ether oxygens (including phenoxy) is 2. The van der Waals surface area contributed by atoms with E-state index < -0.39 is 5.60 Å². The molecule has 0 bridgehead atoms. The Bertz CT molecular complexity index is 566. The summed E-state index contributed by atoms with van der Waals surface area (Å²) >= 11 is 0. The van der Waals surface area contributed by atoms with Crippen LogP contribution in [0.3, 0.4) is 0 Å². The Kier molecular flexibility index (Phi) is 5.12. The number of carbonyl (C=O) groups is 1. The van der Waals surface area contributed by atoms with Crippen LogP contribution in [0.2, 0.25) is 0 Å². The molecule has 0 aliphatic rings. The van der Waals surface area contributed by atoms with Crippen molar-refractivity contribution < 1.29 is 14.3 Å². The van der Waals surface area contributed by atoms with Gasteiger partial charge in [-0.15, -0.1) is 0 Å². The monoisotopic (exact) mass is 284 g/mol. The van der Waals surface area contributed by atoms with E-state index in [9.17, 15) is 4.79 Å². The lowest BCUT2D eigenvalue weighted by Gasteiger charge is -2.28. The molecule has 0 unspecified atom stereocenters. The van der Waals surface area contributed by atoms with Gasteiger partial charge in [-0.3, -0.25) is 0 Å². The summed E-state index contributed by atoms with van der Waals surface area (Å²) in [6, 6.07) is 19.2. The third-order valence-corrected chi connectivity index (χ3v) is 3.36. The highest BCUT2D eigenvalue weighted by Gasteiger charge is 2.37. The lowest BCUT2D eigenvalue weighted by molar-refractivity contribution is -0.173. The topological polar surface area (TPSA) is 35.5 Å². The molecule has 110 valence electrons. The number of hydrogen-bond donors (Lipinski definition) is 0. The predicted octanol–water partition coefficient (Wildman–Crippen LogP) is 3.68. The number of carbonyl (C=O) groups excluding carboxylic acids is 1. The van der Waals surface area contributed by atoms with Gasteiger partial charge in [-0.05, 0) is 25.0 Å². The van der Waals surface area contributed by atoms with Crippen molar-refractivity contribution in [1.82, 2.24) is 0 Å². The zero-order valence-electron chi connectivity index (χ0n) is 12.4. The summed E-state index contributed by atoms with van der Waals surface area (Å²) in [5.74, 6) is -0.368. The Morgan fingerprint density at radius 3 is 2.14 bits per heavy atom. The molecule has 0 aliphatic heterocycles. The van der Waals surface area contributed by atoms with Crippen LogP contribution in [0.4, 0.5) is 0 Å². The van der Waals surface area contributed by atoms with Crippen LogP contribution in [-0.4, -0.2) is 12.6 Å². The Hall–Kier alpha value is -2.13. The van der Waals surface area contributed by atoms with Gasteiger partial charge >= 0.3 is 5.97 Å². The van der Waals surface area contributed by atoms with Gasteiger partial charge < -0.3 is 9.47 Å². The third kappa shape index (κ3) is 3.70. The second kappa shape index (κ2) is 7.04. The van der Waals surface area contributed by atoms with E-state index in [1.165, 1.54) is 0 Å². The molecule has 0 radical (unpaired) electrons. The zero-order valence-corrected chi connectivity index (χ0v) is 12.4. The molecule has 0 aromatic heterocycles. The molecule has 0 heterocycles. The predicted molar refractivity (Wildman–Crippen MR) is 81.7 cm³/mol. The SMILES string of the molecule is CCOC(=O)[C@@](C)(OCc1ccccc1)c1ccccc1. The Labute approximate surface area is 125 Å². The number of benzene rings is 2. The molecule has 0 fully saturated rings. The second-order valence-corrected chi connectivity index (χ2v) is 4.89. The van der Waals surface area contributed by atoms with Crippen LogP contribution in [0.1, 0.15) is 25.0 Å². The van der Waals surface area contributed by atoms with E-state index in [1.807, 2.05) is 60.7 Å². The molecule has 0 amide bonds. The maximum absolute atomic E-state index is 12.3. The van der Waals surface area contributed by atoms with Gasteiger partial charge in [0, 0.05) is 0 Å². The minimum absolute atomic E-state index is 0.329. The van der Waals surface area contributed by atoms with Crippen LogP contribution in [0.25, 0.3) is 0 Å². The normalized spacial score (nSPS) is 13.4. The first-order chi connectivity index (χ1) is 10.2. The molecule has 3 nitrogen and oxygen atoms in total. The molecule has 0 N–H and O–H groups in total. The van der Waals surface area contributed by atoms with Crippen LogP contribution < -0.4 is 0 Å². The highest BCUT2D eigenvalue weighted by molar-refractivity contribution is 5.80. The molecule has 0 aliphatic carbocycles. The van der Waals surface area contributed by atoms with E-state index in [4.69, 9.17) is 9.47 Å². The van der Waals surface area contributed by atoms with Gasteiger partial charge in [-0.2, -0.15) is 0 Å². The van der Waals surface area contributed by atoms with Crippen LogP contribution >= 0.6 is 0 Å². The lowest BCUT2D eigenvalue weighted by Crippen LogP contribution is -2.37. The number of esters is 1. The Morgan fingerprint density at radius 1 is 1.00 bits per heavy atom. The molecule has 0 saturated carbocycles. The van der Waals surface area contributed by atoms with Crippen LogP contribution in [0.15, 0.2) is 60.7 Å². The van der Waals surface area contributed by atoms with Crippen LogP contribution in [0, 0.1) is 0 Å². The van der Waals surface area contributed by atoms with E-state index >= 15 is 0 Å². The van der Waals surface area contributed by atoms with E-state index in [0.29, 0.717) is 13.2 Å². The number of rotatable bonds is 6. The van der Waals surface area contributed by atoms with Gasteiger partial charge in [-0.1, -0.05) is 60.7 Å². The fourth-order valence-electron chi connectivity index (χ4n) is 2.09. The van der Waals surface area contributed by atoms with Gasteiger partial charge in [0.1, 0.15) is 0 Å². The molecular weight excluding hydrogens is 264 g/mol. The Balaban J connectivity index is 2.22. The first kappa shape index (κ1) is 15.3. The second-order valence-electron chi connectivity index (χ2n) is 4.89. The molecule has 2 aromatic carbocycles. The third-order valence-electron chi connectivity index (χ3n) is 3.36. The Morgan fingerprint density at radius 2 is 1.57 bits per heavy atom. The van der Waals surface area contributed by atoms with E-state index in [2.05, 4.69) is 0 Å². The molecule has 2 rings (SSSR count). The van der Waals surface area contributed by atoms with E-state index in [1.54, 1.807) is 13.8 Å². The maximum Gasteiger partial charge on any atom is 0.342 e. The van der Waals surface area contributed by atoms with Crippen molar-refractivity contribution in [2.75, 3.05) is 6.61 Å². The molecule has 1 atom stereocenters. The highest BCUT2D eigenvalue weighted by Crippen LogP contribution is 2.28. The van der Waals surface area contributed by atoms with Gasteiger partial charge in [0.15, 0.2) is 5.60 Å². The quantitative estimate of drug-likeness (QED) is 0.759. The molecular formula is C18H20O3. The van der Waals surface area contributed by atoms with E-state index in [0.717, 1.165) is 11.1 Å². The van der Waals surface area contributed by atoms with Crippen molar-refractivity contribution in [1.29, 1.82) is 0 Å². The minimum Gasteiger partial charge on any atom is -0.464 e. The largest absolute Gasteiger partial charge is 0.464 e. The average Bonchev–Trinajstić information content (AvgIpc) is 2.54. The van der Waals surface area contributed by atoms with Crippen molar-refractivity contribution in [2.24, 2.45) is 0 Å². The summed E-state index contributed by atoms with van der Waals surface area (Å²) < 4.78 is 11.1. The fourth-order valence-corrected chi connectivity index (χ4v) is 2.09. The van der Waals surface area contributed by atoms with Crippen LogP contribution in [-0.2, 0) is 26.5 Å². The molecule has 3 heteroatoms. The van der Waals surface area contributed by atoms with Crippen molar-refractivity contribution in [3.8, 4) is 0 Å². The van der Waals surface area contributed by atoms with Crippen LogP contribution in [0.5, 0.6) is 0 Å². The van der Waals surface area contributed by atoms with Crippen molar-refractivity contribution >= 4 is 5.97 Å². The first-order valence-electron chi connectivity index (χ1n) is 7.07. The summed E-state index contributed by atoms with van der Waals surface area (Å²) in [5.41, 5.74) is 0.705. The minimum atomic E-state index is -1.10. The van der Waals surface area contributed by atoms with Gasteiger partial charge in [-0.25, -0.2) is 4.79 Å². The molecule has 0 spiro atoms. The van der Waals surface area contributed by atoms with Gasteiger partial charge in [0.25, 0.3) is 0 Å². The molecule has 2 aromatic rings. The smallest absolute Gasteiger partial charge is 0.342 e. The summed E-state index contributed by atoms with van der Waals surface area (Å²) in [4.78, 5) is 12.3. The molecule has 0 saturated heterocycles. The number of hydrogen-bond acceptors (Lipinski definition) is 3. The van der Waals surface area contributed by atoms with E-state index in [-0.39, 0.29) is 5.97 Å². The summed E-state index contributed by atoms with van der Waals surface area (Å²) in [6.45, 7) is 4.23. The first-order valence-corrected chi connectivity index (χ1v) is 7.07. The van der Waals surface area contributed by atoms with Crippen molar-refractivity contribution in [2.45, 2.75) is 26.1 Å². The molecule has 21 heavy (non-hydrogen) atoms. The standard InChI is InChI=1S/C18H20O3/c1-3-20-17(19)18(2,16-12-8-5-9-13-16)21-14-15-10-6-4-7-11-15/h4-13H,3,14H2,1-2H3/t18-/m0/s1. The van der Waals surface area contributed by atoms with Gasteiger partial charge in [0.2, 0.25) is 0 Å².